The first kappa shape index (κ1) is 24.5. The molecule has 10 heteroatoms. The Balaban J connectivity index is 1.39. The molecule has 0 radical (unpaired) electrons. The van der Waals surface area contributed by atoms with Crippen LogP contribution in [0.1, 0.15) is 32.5 Å². The first-order chi connectivity index (χ1) is 16.5. The Morgan fingerprint density at radius 1 is 1.03 bits per heavy atom. The molecule has 0 unspecified atom stereocenters. The molecule has 0 amide bonds. The summed E-state index contributed by atoms with van der Waals surface area (Å²) < 4.78 is 9.37. The number of H-pyrrole nitrogens is 1. The third-order valence-corrected chi connectivity index (χ3v) is 6.66. The molecule has 0 bridgehead atoms. The van der Waals surface area contributed by atoms with E-state index in [9.17, 15) is 9.59 Å². The quantitative estimate of drug-likeness (QED) is 0.472. The molecule has 184 valence electrons. The van der Waals surface area contributed by atoms with E-state index in [0.717, 1.165) is 51.4 Å². The number of fused-ring (bicyclic) bond motifs is 1. The van der Waals surface area contributed by atoms with Gasteiger partial charge in [0.15, 0.2) is 11.2 Å². The molecule has 0 saturated carbocycles. The second kappa shape index (κ2) is 11.2. The number of aryl methyl sites for hydroxylation is 2. The number of hydrogen-bond acceptors (Lipinski definition) is 6. The van der Waals surface area contributed by atoms with Gasteiger partial charge in [0.25, 0.3) is 5.56 Å². The maximum Gasteiger partial charge on any atom is 0.330 e. The number of nitrogens with zero attached hydrogens (tertiary/aromatic N) is 5. The van der Waals surface area contributed by atoms with Crippen molar-refractivity contribution in [2.24, 2.45) is 0 Å². The zero-order valence-corrected chi connectivity index (χ0v) is 20.7. The van der Waals surface area contributed by atoms with Crippen LogP contribution in [0.5, 0.6) is 5.75 Å². The summed E-state index contributed by atoms with van der Waals surface area (Å²) >= 11 is 6.16. The van der Waals surface area contributed by atoms with Crippen molar-refractivity contribution in [1.82, 2.24) is 28.9 Å². The van der Waals surface area contributed by atoms with Crippen molar-refractivity contribution in [3.8, 4) is 5.75 Å². The summed E-state index contributed by atoms with van der Waals surface area (Å²) in [6.07, 6.45) is 1.82. The first-order valence-electron chi connectivity index (χ1n) is 12.1. The molecule has 4 rings (SSSR count). The van der Waals surface area contributed by atoms with Crippen LogP contribution in [0.4, 0.5) is 0 Å². The third-order valence-electron chi connectivity index (χ3n) is 6.35. The number of aromatic amines is 1. The number of aromatic nitrogens is 4. The van der Waals surface area contributed by atoms with Crippen LogP contribution < -0.4 is 16.0 Å². The van der Waals surface area contributed by atoms with Crippen LogP contribution in [-0.2, 0) is 19.6 Å². The molecule has 1 N–H and O–H groups in total. The predicted octanol–water partition coefficient (Wildman–Crippen LogP) is 2.56. The van der Waals surface area contributed by atoms with Gasteiger partial charge in [-0.3, -0.25) is 24.1 Å². The monoisotopic (exact) mass is 488 g/mol. The van der Waals surface area contributed by atoms with Crippen molar-refractivity contribution < 1.29 is 4.74 Å². The zero-order valence-electron chi connectivity index (χ0n) is 19.9. The van der Waals surface area contributed by atoms with Crippen molar-refractivity contribution in [3.05, 3.63) is 56.0 Å². The van der Waals surface area contributed by atoms with Crippen LogP contribution in [0, 0.1) is 0 Å². The lowest BCUT2D eigenvalue weighted by Gasteiger charge is -2.34. The van der Waals surface area contributed by atoms with E-state index in [0.29, 0.717) is 48.2 Å². The average molecular weight is 489 g/mol. The predicted molar refractivity (Wildman–Crippen MR) is 134 cm³/mol. The maximum atomic E-state index is 12.6. The fraction of sp³-hybridized carbons (Fsp3) is 0.542. The summed E-state index contributed by atoms with van der Waals surface area (Å²) in [7, 11) is 0. The van der Waals surface area contributed by atoms with Crippen molar-refractivity contribution in [3.63, 3.8) is 0 Å². The molecule has 2 aromatic heterocycles. The van der Waals surface area contributed by atoms with E-state index < -0.39 is 0 Å². The van der Waals surface area contributed by atoms with Crippen molar-refractivity contribution in [2.75, 3.05) is 39.3 Å². The number of benzene rings is 1. The molecule has 9 nitrogen and oxygen atoms in total. The average Bonchev–Trinajstić information content (AvgIpc) is 3.19. The second-order valence-corrected chi connectivity index (χ2v) is 9.01. The van der Waals surface area contributed by atoms with Gasteiger partial charge in [0.2, 0.25) is 0 Å². The van der Waals surface area contributed by atoms with E-state index in [1.807, 2.05) is 35.8 Å². The summed E-state index contributed by atoms with van der Waals surface area (Å²) in [5.74, 6) is 1.54. The van der Waals surface area contributed by atoms with Gasteiger partial charge >= 0.3 is 5.69 Å². The standard InChI is InChI=1S/C24H33ClN6O3/c1-3-5-10-31-22-21(23(32)27-24(31)33)30(4-2)20(26-22)17-29-13-11-28(12-14-29)15-16-34-19-9-7-6-8-18(19)25/h6-9H,3-5,10-17H2,1-2H3,(H,27,32,33). The third kappa shape index (κ3) is 5.37. The minimum Gasteiger partial charge on any atom is -0.491 e. The highest BCUT2D eigenvalue weighted by Gasteiger charge is 2.22. The van der Waals surface area contributed by atoms with Crippen LogP contribution >= 0.6 is 11.6 Å². The van der Waals surface area contributed by atoms with Crippen molar-refractivity contribution in [1.29, 1.82) is 0 Å². The number of halogens is 1. The molecular formula is C24H33ClN6O3. The largest absolute Gasteiger partial charge is 0.491 e. The molecule has 1 aliphatic rings. The Hall–Kier alpha value is -2.62. The molecule has 3 heterocycles. The Bertz CT molecular complexity index is 1230. The van der Waals surface area contributed by atoms with Crippen LogP contribution in [0.25, 0.3) is 11.2 Å². The lowest BCUT2D eigenvalue weighted by atomic mass is 10.3. The molecule has 0 aliphatic carbocycles. The maximum absolute atomic E-state index is 12.6. The summed E-state index contributed by atoms with van der Waals surface area (Å²) in [4.78, 5) is 37.0. The van der Waals surface area contributed by atoms with Gasteiger partial charge in [-0.2, -0.15) is 0 Å². The van der Waals surface area contributed by atoms with E-state index in [1.165, 1.54) is 0 Å². The lowest BCUT2D eigenvalue weighted by molar-refractivity contribution is 0.110. The van der Waals surface area contributed by atoms with Gasteiger partial charge in [0.1, 0.15) is 18.2 Å². The number of ether oxygens (including phenoxy) is 1. The van der Waals surface area contributed by atoms with Gasteiger partial charge in [0, 0.05) is 45.8 Å². The van der Waals surface area contributed by atoms with Crippen LogP contribution in [0.2, 0.25) is 5.02 Å². The number of imidazole rings is 1. The normalized spacial score (nSPS) is 15.3. The van der Waals surface area contributed by atoms with Gasteiger partial charge in [-0.1, -0.05) is 37.1 Å². The Morgan fingerprint density at radius 3 is 2.47 bits per heavy atom. The summed E-state index contributed by atoms with van der Waals surface area (Å²) in [5.41, 5.74) is 0.237. The Labute approximate surface area is 203 Å². The lowest BCUT2D eigenvalue weighted by Crippen LogP contribution is -2.47. The van der Waals surface area contributed by atoms with Crippen molar-refractivity contribution >= 4 is 22.8 Å². The van der Waals surface area contributed by atoms with Crippen LogP contribution in [0.3, 0.4) is 0 Å². The molecule has 1 saturated heterocycles. The van der Waals surface area contributed by atoms with E-state index in [-0.39, 0.29) is 11.2 Å². The van der Waals surface area contributed by atoms with Crippen molar-refractivity contribution in [2.45, 2.75) is 46.3 Å². The molecule has 0 atom stereocenters. The van der Waals surface area contributed by atoms with Crippen LogP contribution in [0.15, 0.2) is 33.9 Å². The van der Waals surface area contributed by atoms with Gasteiger partial charge in [0.05, 0.1) is 11.6 Å². The Kier molecular flexibility index (Phi) is 8.07. The molecule has 34 heavy (non-hydrogen) atoms. The first-order valence-corrected chi connectivity index (χ1v) is 12.4. The molecular weight excluding hydrogens is 456 g/mol. The Morgan fingerprint density at radius 2 is 1.76 bits per heavy atom. The highest BCUT2D eigenvalue weighted by Crippen LogP contribution is 2.23. The van der Waals surface area contributed by atoms with Gasteiger partial charge in [-0.05, 0) is 25.5 Å². The summed E-state index contributed by atoms with van der Waals surface area (Å²) in [6.45, 7) is 11.0. The fourth-order valence-electron chi connectivity index (χ4n) is 4.42. The minimum atomic E-state index is -0.383. The number of rotatable bonds is 10. The minimum absolute atomic E-state index is 0.364. The number of unbranched alkanes of at least 4 members (excludes halogenated alkanes) is 1. The molecule has 1 aliphatic heterocycles. The second-order valence-electron chi connectivity index (χ2n) is 8.61. The van der Waals surface area contributed by atoms with E-state index in [2.05, 4.69) is 21.7 Å². The highest BCUT2D eigenvalue weighted by atomic mass is 35.5. The summed E-state index contributed by atoms with van der Waals surface area (Å²) in [6, 6.07) is 7.52. The fourth-order valence-corrected chi connectivity index (χ4v) is 4.61. The number of hydrogen-bond donors (Lipinski definition) is 1. The molecule has 3 aromatic rings. The van der Waals surface area contributed by atoms with Gasteiger partial charge < -0.3 is 9.30 Å². The molecule has 1 fully saturated rings. The smallest absolute Gasteiger partial charge is 0.330 e. The number of piperazine rings is 1. The highest BCUT2D eigenvalue weighted by molar-refractivity contribution is 6.32. The van der Waals surface area contributed by atoms with E-state index >= 15 is 0 Å². The molecule has 1 aromatic carbocycles. The van der Waals surface area contributed by atoms with E-state index in [1.54, 1.807) is 4.57 Å². The summed E-state index contributed by atoms with van der Waals surface area (Å²) in [5, 5.41) is 0.630. The SMILES string of the molecule is CCCCn1c(=O)[nH]c(=O)c2c1nc(CN1CCN(CCOc3ccccc3Cl)CC1)n2CC. The van der Waals surface area contributed by atoms with Gasteiger partial charge in [-0.15, -0.1) is 0 Å². The number of nitrogens with one attached hydrogen (secondary N) is 1. The zero-order chi connectivity index (χ0) is 24.1. The van der Waals surface area contributed by atoms with Crippen LogP contribution in [-0.4, -0.2) is 68.2 Å². The topological polar surface area (TPSA) is 88.4 Å². The van der Waals surface area contributed by atoms with Gasteiger partial charge in [-0.25, -0.2) is 9.78 Å². The van der Waals surface area contributed by atoms with E-state index in [4.69, 9.17) is 21.3 Å². The molecule has 0 spiro atoms. The number of para-hydroxylation sites is 1.